The van der Waals surface area contributed by atoms with Gasteiger partial charge in [-0.15, -0.1) is 11.3 Å². The first-order chi connectivity index (χ1) is 18.6. The Morgan fingerprint density at radius 3 is 2.53 bits per heavy atom. The number of amides is 2. The van der Waals surface area contributed by atoms with Crippen molar-refractivity contribution in [3.63, 3.8) is 0 Å². The molecule has 0 spiro atoms. The number of nitrogens with one attached hydrogen (secondary N) is 1. The second-order valence-corrected chi connectivity index (χ2v) is 9.96. The van der Waals surface area contributed by atoms with Gasteiger partial charge in [0.15, 0.2) is 4.96 Å². The summed E-state index contributed by atoms with van der Waals surface area (Å²) in [5, 5.41) is 7.32. The number of carbonyl (C=O) groups is 1. The molecule has 0 aliphatic heterocycles. The molecule has 0 saturated heterocycles. The number of imidazole rings is 1. The first-order valence-corrected chi connectivity index (χ1v) is 13.3. The van der Waals surface area contributed by atoms with Crippen LogP contribution in [-0.4, -0.2) is 26.9 Å². The highest BCUT2D eigenvalue weighted by Crippen LogP contribution is 2.26. The molecular formula is C31H25FN4OS. The van der Waals surface area contributed by atoms with E-state index in [1.54, 1.807) is 23.5 Å². The van der Waals surface area contributed by atoms with Gasteiger partial charge in [-0.05, 0) is 41.3 Å². The quantitative estimate of drug-likeness (QED) is 0.235. The average molecular weight is 521 g/mol. The molecule has 0 bridgehead atoms. The molecule has 0 atom stereocenters. The van der Waals surface area contributed by atoms with Gasteiger partial charge in [0.05, 0.1) is 11.4 Å². The van der Waals surface area contributed by atoms with Gasteiger partial charge in [-0.1, -0.05) is 66.7 Å². The van der Waals surface area contributed by atoms with Gasteiger partial charge in [0.25, 0.3) is 0 Å². The number of hydrogen-bond acceptors (Lipinski definition) is 3. The van der Waals surface area contributed by atoms with Crippen LogP contribution >= 0.6 is 11.3 Å². The van der Waals surface area contributed by atoms with Gasteiger partial charge in [-0.2, -0.15) is 0 Å². The van der Waals surface area contributed by atoms with E-state index in [4.69, 9.17) is 4.98 Å². The van der Waals surface area contributed by atoms with Crippen molar-refractivity contribution in [3.05, 3.63) is 126 Å². The lowest BCUT2D eigenvalue weighted by atomic mass is 10.1. The summed E-state index contributed by atoms with van der Waals surface area (Å²) in [5.74, 6) is -0.268. The molecule has 0 aliphatic rings. The fraction of sp³-hybridized carbons (Fsp3) is 0.0968. The molecule has 4 aromatic carbocycles. The Balaban J connectivity index is 1.24. The summed E-state index contributed by atoms with van der Waals surface area (Å²) in [6.45, 7) is 1.02. The van der Waals surface area contributed by atoms with E-state index in [-0.39, 0.29) is 11.8 Å². The number of carbonyl (C=O) groups excluding carboxylic acids is 1. The Kier molecular flexibility index (Phi) is 6.58. The van der Waals surface area contributed by atoms with Crippen molar-refractivity contribution in [1.29, 1.82) is 0 Å². The molecule has 0 saturated carbocycles. The zero-order chi connectivity index (χ0) is 25.9. The fourth-order valence-electron chi connectivity index (χ4n) is 4.60. The Morgan fingerprint density at radius 2 is 1.68 bits per heavy atom. The molecule has 6 rings (SSSR count). The van der Waals surface area contributed by atoms with Gasteiger partial charge in [0, 0.05) is 47.7 Å². The number of aromatic nitrogens is 2. The largest absolute Gasteiger partial charge is 0.322 e. The number of thiazole rings is 1. The number of rotatable bonds is 7. The number of nitrogens with zero attached hydrogens (tertiary/aromatic N) is 3. The maximum absolute atomic E-state index is 13.6. The summed E-state index contributed by atoms with van der Waals surface area (Å²) in [6, 6.07) is 30.2. The molecule has 0 radical (unpaired) electrons. The van der Waals surface area contributed by atoms with E-state index in [1.807, 2.05) is 83.9 Å². The van der Waals surface area contributed by atoms with Crippen molar-refractivity contribution >= 4 is 38.8 Å². The summed E-state index contributed by atoms with van der Waals surface area (Å²) in [4.78, 5) is 21.0. The number of urea groups is 1. The minimum absolute atomic E-state index is 0.144. The zero-order valence-corrected chi connectivity index (χ0v) is 21.4. The molecule has 6 aromatic rings. The molecule has 0 fully saturated rings. The average Bonchev–Trinajstić information content (AvgIpc) is 3.54. The monoisotopic (exact) mass is 520 g/mol. The summed E-state index contributed by atoms with van der Waals surface area (Å²) in [5.41, 5.74) is 4.60. The predicted octanol–water partition coefficient (Wildman–Crippen LogP) is 7.63. The van der Waals surface area contributed by atoms with Gasteiger partial charge in [0.1, 0.15) is 5.82 Å². The maximum Gasteiger partial charge on any atom is 0.322 e. The van der Waals surface area contributed by atoms with Gasteiger partial charge < -0.3 is 10.2 Å². The maximum atomic E-state index is 13.6. The van der Waals surface area contributed by atoms with Crippen LogP contribution in [0.4, 0.5) is 14.9 Å². The molecule has 5 nitrogen and oxygen atoms in total. The summed E-state index contributed by atoms with van der Waals surface area (Å²) in [6.07, 6.45) is 2.64. The van der Waals surface area contributed by atoms with Crippen molar-refractivity contribution in [3.8, 4) is 11.3 Å². The topological polar surface area (TPSA) is 49.6 Å². The van der Waals surface area contributed by atoms with Crippen LogP contribution in [0.2, 0.25) is 0 Å². The number of halogens is 1. The van der Waals surface area contributed by atoms with Crippen LogP contribution in [0.5, 0.6) is 0 Å². The van der Waals surface area contributed by atoms with Crippen LogP contribution in [0.1, 0.15) is 11.3 Å². The highest BCUT2D eigenvalue weighted by molar-refractivity contribution is 7.15. The van der Waals surface area contributed by atoms with E-state index < -0.39 is 0 Å². The van der Waals surface area contributed by atoms with E-state index in [0.717, 1.165) is 43.9 Å². The Bertz CT molecular complexity index is 1700. The number of anilines is 1. The van der Waals surface area contributed by atoms with Gasteiger partial charge in [0.2, 0.25) is 0 Å². The SMILES string of the molecule is O=C(Nc1cccc2ccccc12)N(CCc1csc2nc(-c3ccc(F)cc3)cn12)Cc1ccccc1. The van der Waals surface area contributed by atoms with E-state index in [2.05, 4.69) is 15.1 Å². The van der Waals surface area contributed by atoms with Gasteiger partial charge in [-0.25, -0.2) is 14.2 Å². The van der Waals surface area contributed by atoms with Crippen LogP contribution < -0.4 is 5.32 Å². The number of benzene rings is 4. The predicted molar refractivity (Wildman–Crippen MR) is 152 cm³/mol. The highest BCUT2D eigenvalue weighted by Gasteiger charge is 2.17. The van der Waals surface area contributed by atoms with Crippen molar-refractivity contribution < 1.29 is 9.18 Å². The second-order valence-electron chi connectivity index (χ2n) is 9.13. The normalized spacial score (nSPS) is 11.2. The summed E-state index contributed by atoms with van der Waals surface area (Å²) < 4.78 is 15.4. The first kappa shape index (κ1) is 23.9. The van der Waals surface area contributed by atoms with Crippen molar-refractivity contribution in [2.45, 2.75) is 13.0 Å². The lowest BCUT2D eigenvalue weighted by Gasteiger charge is -2.24. The van der Waals surface area contributed by atoms with Crippen LogP contribution in [-0.2, 0) is 13.0 Å². The summed E-state index contributed by atoms with van der Waals surface area (Å²) in [7, 11) is 0. The standard InChI is InChI=1S/C31H25FN4OS/c32-25-15-13-24(14-16-25)29-20-36-26(21-38-31(36)34-29)17-18-35(19-22-7-2-1-3-8-22)30(37)33-28-12-6-10-23-9-4-5-11-27(23)28/h1-16,20-21H,17-19H2,(H,33,37). The lowest BCUT2D eigenvalue weighted by molar-refractivity contribution is 0.209. The minimum atomic E-state index is -0.268. The third-order valence-electron chi connectivity index (χ3n) is 6.60. The Morgan fingerprint density at radius 1 is 0.921 bits per heavy atom. The molecule has 7 heteroatoms. The zero-order valence-electron chi connectivity index (χ0n) is 20.5. The van der Waals surface area contributed by atoms with E-state index in [0.29, 0.717) is 19.5 Å². The molecule has 2 amide bonds. The third kappa shape index (κ3) is 5.01. The number of hydrogen-bond donors (Lipinski definition) is 1. The number of fused-ring (bicyclic) bond motifs is 2. The molecular weight excluding hydrogens is 495 g/mol. The molecule has 0 unspecified atom stereocenters. The molecule has 2 heterocycles. The van der Waals surface area contributed by atoms with Gasteiger partial charge >= 0.3 is 6.03 Å². The summed E-state index contributed by atoms with van der Waals surface area (Å²) >= 11 is 1.56. The van der Waals surface area contributed by atoms with Crippen molar-refractivity contribution in [2.24, 2.45) is 0 Å². The van der Waals surface area contributed by atoms with Gasteiger partial charge in [-0.3, -0.25) is 4.40 Å². The highest BCUT2D eigenvalue weighted by atomic mass is 32.1. The minimum Gasteiger partial charge on any atom is -0.320 e. The van der Waals surface area contributed by atoms with Crippen molar-refractivity contribution in [2.75, 3.05) is 11.9 Å². The van der Waals surface area contributed by atoms with E-state index in [9.17, 15) is 9.18 Å². The molecule has 0 aliphatic carbocycles. The Hall–Kier alpha value is -4.49. The Labute approximate surface area is 223 Å². The van der Waals surface area contributed by atoms with Crippen LogP contribution in [0, 0.1) is 5.82 Å². The van der Waals surface area contributed by atoms with Crippen molar-refractivity contribution in [1.82, 2.24) is 14.3 Å². The second kappa shape index (κ2) is 10.5. The third-order valence-corrected chi connectivity index (χ3v) is 7.48. The molecule has 38 heavy (non-hydrogen) atoms. The van der Waals surface area contributed by atoms with Crippen LogP contribution in [0.25, 0.3) is 27.0 Å². The van der Waals surface area contributed by atoms with E-state index >= 15 is 0 Å². The molecule has 188 valence electrons. The molecule has 2 aromatic heterocycles. The smallest absolute Gasteiger partial charge is 0.320 e. The lowest BCUT2D eigenvalue weighted by Crippen LogP contribution is -2.36. The first-order valence-electron chi connectivity index (χ1n) is 12.4. The van der Waals surface area contributed by atoms with E-state index in [1.165, 1.54) is 12.1 Å². The molecule has 1 N–H and O–H groups in total. The van der Waals surface area contributed by atoms with Crippen LogP contribution in [0.3, 0.4) is 0 Å². The van der Waals surface area contributed by atoms with Crippen LogP contribution in [0.15, 0.2) is 109 Å². The fourth-order valence-corrected chi connectivity index (χ4v) is 5.51.